The van der Waals surface area contributed by atoms with E-state index in [1.165, 1.54) is 26.5 Å². The summed E-state index contributed by atoms with van der Waals surface area (Å²) in [5, 5.41) is 26.0. The number of hydrogen-bond acceptors (Lipinski definition) is 3. The maximum absolute atomic E-state index is 12.5. The molecule has 0 heterocycles. The molecule has 2 amide bonds. The van der Waals surface area contributed by atoms with Gasteiger partial charge in [0.1, 0.15) is 0 Å². The summed E-state index contributed by atoms with van der Waals surface area (Å²) in [7, 11) is 0. The molecule has 0 aromatic heterocycles. The number of benzene rings is 4. The van der Waals surface area contributed by atoms with Gasteiger partial charge in [-0.1, -0.05) is 99.6 Å². The second-order valence-corrected chi connectivity index (χ2v) is 14.6. The van der Waals surface area contributed by atoms with Gasteiger partial charge in [0.15, 0.2) is 6.29 Å². The monoisotopic (exact) mass is 609 g/mol. The molecule has 0 fully saturated rings. The Balaban J connectivity index is 1.72. The van der Waals surface area contributed by atoms with Gasteiger partial charge in [-0.15, -0.1) is 0 Å². The second-order valence-electron chi connectivity index (χ2n) is 14.6. The van der Waals surface area contributed by atoms with Gasteiger partial charge in [0.25, 0.3) is 0 Å². The summed E-state index contributed by atoms with van der Waals surface area (Å²) >= 11 is 0. The SMILES string of the molecule is CC(C)(C)c1ccc(-c2cccc3cc(-c4ccccc4CNC(N(C(=O)O)C(C)(C)C)N(C(=O)O)C(C)(C)C)ccc23)cc1. The van der Waals surface area contributed by atoms with Gasteiger partial charge in [-0.2, -0.15) is 0 Å². The van der Waals surface area contributed by atoms with Crippen molar-refractivity contribution in [1.82, 2.24) is 15.1 Å². The molecule has 0 aliphatic rings. The third-order valence-electron chi connectivity index (χ3n) is 8.09. The summed E-state index contributed by atoms with van der Waals surface area (Å²) in [5.74, 6) is 0. The van der Waals surface area contributed by atoms with Crippen LogP contribution in [0.2, 0.25) is 0 Å². The molecule has 45 heavy (non-hydrogen) atoms. The number of nitrogens with zero attached hydrogens (tertiary/aromatic N) is 2. The average molecular weight is 610 g/mol. The van der Waals surface area contributed by atoms with E-state index in [0.29, 0.717) is 0 Å². The van der Waals surface area contributed by atoms with Crippen LogP contribution in [0.15, 0.2) is 84.9 Å². The largest absolute Gasteiger partial charge is 0.465 e. The van der Waals surface area contributed by atoms with Crippen LogP contribution in [0.4, 0.5) is 9.59 Å². The molecule has 0 saturated carbocycles. The number of carboxylic acid groups (broad SMARTS) is 2. The van der Waals surface area contributed by atoms with Gasteiger partial charge in [-0.25, -0.2) is 9.59 Å². The first-order valence-corrected chi connectivity index (χ1v) is 15.4. The minimum absolute atomic E-state index is 0.0891. The third kappa shape index (κ3) is 7.48. The maximum Gasteiger partial charge on any atom is 0.410 e. The topological polar surface area (TPSA) is 93.1 Å². The Hall–Kier alpha value is -4.36. The van der Waals surface area contributed by atoms with Crippen molar-refractivity contribution in [3.05, 3.63) is 96.1 Å². The van der Waals surface area contributed by atoms with Crippen LogP contribution < -0.4 is 5.32 Å². The standard InChI is InChI=1S/C38H47N3O4/c1-36(2,3)29-20-17-25(18-21-29)31-16-12-14-26-23-27(19-22-32(26)31)30-15-11-10-13-28(30)24-39-33(40(34(42)43)37(4,5)6)41(35(44)45)38(7,8)9/h10-23,33,39H,24H2,1-9H3,(H,42,43)(H,44,45). The number of nitrogens with one attached hydrogen (secondary N) is 1. The van der Waals surface area contributed by atoms with Crippen molar-refractivity contribution in [3.8, 4) is 22.3 Å². The molecule has 0 atom stereocenters. The molecule has 4 aromatic rings. The van der Waals surface area contributed by atoms with Crippen LogP contribution in [0.1, 0.15) is 73.4 Å². The van der Waals surface area contributed by atoms with Gasteiger partial charge in [0.2, 0.25) is 0 Å². The quantitative estimate of drug-likeness (QED) is 0.182. The molecule has 0 unspecified atom stereocenters. The summed E-state index contributed by atoms with van der Waals surface area (Å²) in [6.07, 6.45) is -3.54. The highest BCUT2D eigenvalue weighted by Gasteiger charge is 2.43. The van der Waals surface area contributed by atoms with E-state index in [1.807, 2.05) is 24.3 Å². The zero-order valence-corrected chi connectivity index (χ0v) is 28.0. The van der Waals surface area contributed by atoms with E-state index in [4.69, 9.17) is 0 Å². The van der Waals surface area contributed by atoms with Gasteiger partial charge < -0.3 is 10.2 Å². The Morgan fingerprint density at radius 2 is 1.20 bits per heavy atom. The maximum atomic E-state index is 12.5. The first kappa shape index (κ1) is 33.5. The molecule has 0 aliphatic carbocycles. The molecule has 7 nitrogen and oxygen atoms in total. The summed E-state index contributed by atoms with van der Waals surface area (Å²) in [4.78, 5) is 27.4. The molecule has 3 N–H and O–H groups in total. The molecule has 0 spiro atoms. The predicted molar refractivity (Wildman–Crippen MR) is 183 cm³/mol. The number of hydrogen-bond donors (Lipinski definition) is 3. The summed E-state index contributed by atoms with van der Waals surface area (Å²) in [5.41, 5.74) is 4.92. The molecule has 0 radical (unpaired) electrons. The highest BCUT2D eigenvalue weighted by Crippen LogP contribution is 2.34. The molecule has 4 rings (SSSR count). The lowest BCUT2D eigenvalue weighted by molar-refractivity contribution is -0.0460. The van der Waals surface area contributed by atoms with Crippen LogP contribution in [0, 0.1) is 0 Å². The normalized spacial score (nSPS) is 12.4. The van der Waals surface area contributed by atoms with E-state index in [1.54, 1.807) is 41.5 Å². The molecular weight excluding hydrogens is 562 g/mol. The van der Waals surface area contributed by atoms with Gasteiger partial charge in [0.05, 0.1) is 0 Å². The number of amides is 2. The van der Waals surface area contributed by atoms with E-state index in [9.17, 15) is 19.8 Å². The van der Waals surface area contributed by atoms with Gasteiger partial charge in [-0.3, -0.25) is 15.1 Å². The Labute approximate surface area is 267 Å². The first-order valence-electron chi connectivity index (χ1n) is 15.4. The summed E-state index contributed by atoms with van der Waals surface area (Å²) in [6, 6.07) is 29.5. The predicted octanol–water partition coefficient (Wildman–Crippen LogP) is 9.40. The smallest absolute Gasteiger partial charge is 0.410 e. The van der Waals surface area contributed by atoms with Crippen LogP contribution in [0.5, 0.6) is 0 Å². The van der Waals surface area contributed by atoms with Crippen LogP contribution >= 0.6 is 0 Å². The average Bonchev–Trinajstić information content (AvgIpc) is 2.93. The molecule has 7 heteroatoms. The Bertz CT molecular complexity index is 1640. The fourth-order valence-electron chi connectivity index (χ4n) is 5.82. The van der Waals surface area contributed by atoms with Crippen molar-refractivity contribution in [2.24, 2.45) is 0 Å². The summed E-state index contributed by atoms with van der Waals surface area (Å²) in [6.45, 7) is 17.5. The summed E-state index contributed by atoms with van der Waals surface area (Å²) < 4.78 is 0. The van der Waals surface area contributed by atoms with Crippen LogP contribution in [-0.4, -0.2) is 49.6 Å². The lowest BCUT2D eigenvalue weighted by Crippen LogP contribution is -2.68. The fraction of sp³-hybridized carbons (Fsp3) is 0.368. The Kier molecular flexibility index (Phi) is 9.36. The zero-order chi connectivity index (χ0) is 33.3. The van der Waals surface area contributed by atoms with Crippen molar-refractivity contribution in [2.45, 2.75) is 91.6 Å². The van der Waals surface area contributed by atoms with Crippen LogP contribution in [0.3, 0.4) is 0 Å². The highest BCUT2D eigenvalue weighted by atomic mass is 16.4. The minimum atomic E-state index is -1.21. The van der Waals surface area contributed by atoms with Crippen molar-refractivity contribution in [1.29, 1.82) is 0 Å². The van der Waals surface area contributed by atoms with Gasteiger partial charge in [-0.05, 0) is 97.2 Å². The van der Waals surface area contributed by atoms with E-state index >= 15 is 0 Å². The molecule has 238 valence electrons. The third-order valence-corrected chi connectivity index (χ3v) is 8.09. The molecule has 0 bridgehead atoms. The first-order chi connectivity index (χ1) is 20.9. The van der Waals surface area contributed by atoms with Crippen molar-refractivity contribution < 1.29 is 19.8 Å². The van der Waals surface area contributed by atoms with Crippen molar-refractivity contribution in [2.75, 3.05) is 0 Å². The fourth-order valence-corrected chi connectivity index (χ4v) is 5.82. The molecular formula is C38H47N3O4. The van der Waals surface area contributed by atoms with E-state index < -0.39 is 29.6 Å². The Morgan fingerprint density at radius 1 is 0.667 bits per heavy atom. The van der Waals surface area contributed by atoms with Crippen molar-refractivity contribution >= 4 is 23.0 Å². The highest BCUT2D eigenvalue weighted by molar-refractivity contribution is 5.98. The lowest BCUT2D eigenvalue weighted by Gasteiger charge is -2.48. The molecule has 0 aliphatic heterocycles. The van der Waals surface area contributed by atoms with E-state index in [2.05, 4.69) is 86.8 Å². The molecule has 0 saturated heterocycles. The van der Waals surface area contributed by atoms with E-state index in [0.717, 1.165) is 27.5 Å². The van der Waals surface area contributed by atoms with Crippen molar-refractivity contribution in [3.63, 3.8) is 0 Å². The Morgan fingerprint density at radius 3 is 1.73 bits per heavy atom. The minimum Gasteiger partial charge on any atom is -0.465 e. The van der Waals surface area contributed by atoms with E-state index in [-0.39, 0.29) is 12.0 Å². The lowest BCUT2D eigenvalue weighted by atomic mass is 9.86. The van der Waals surface area contributed by atoms with Gasteiger partial charge >= 0.3 is 12.2 Å². The van der Waals surface area contributed by atoms with Crippen LogP contribution in [-0.2, 0) is 12.0 Å². The second kappa shape index (κ2) is 12.6. The number of carbonyl (C=O) groups is 2. The van der Waals surface area contributed by atoms with Gasteiger partial charge in [0, 0.05) is 17.6 Å². The zero-order valence-electron chi connectivity index (χ0n) is 28.0. The number of rotatable bonds is 7. The molecule has 4 aromatic carbocycles. The van der Waals surface area contributed by atoms with Crippen LogP contribution in [0.25, 0.3) is 33.0 Å². The number of fused-ring (bicyclic) bond motifs is 1.